The normalized spacial score (nSPS) is 8.93. The van der Waals surface area contributed by atoms with Crippen LogP contribution >= 0.6 is 15.9 Å². The maximum absolute atomic E-state index is 10.2. The van der Waals surface area contributed by atoms with Crippen molar-refractivity contribution < 1.29 is 9.90 Å². The molecule has 1 N–H and O–H groups in total. The van der Waals surface area contributed by atoms with Crippen molar-refractivity contribution >= 4 is 21.9 Å². The lowest BCUT2D eigenvalue weighted by atomic mass is 10.1. The molecule has 2 nitrogen and oxygen atoms in total. The van der Waals surface area contributed by atoms with Crippen LogP contribution in [0.5, 0.6) is 0 Å². The summed E-state index contributed by atoms with van der Waals surface area (Å²) in [7, 11) is 0. The first kappa shape index (κ1) is 10.8. The lowest BCUT2D eigenvalue weighted by molar-refractivity contribution is -0.135. The van der Waals surface area contributed by atoms with Gasteiger partial charge in [-0.15, -0.1) is 0 Å². The molecule has 0 unspecified atom stereocenters. The molecule has 1 aromatic rings. The van der Waals surface area contributed by atoms with Gasteiger partial charge in [-0.05, 0) is 17.7 Å². The molecule has 0 aromatic heterocycles. The third kappa shape index (κ3) is 3.63. The molecule has 0 aliphatic rings. The lowest BCUT2D eigenvalue weighted by Crippen LogP contribution is -1.90. The van der Waals surface area contributed by atoms with Crippen molar-refractivity contribution in [1.82, 2.24) is 0 Å². The fourth-order valence-electron chi connectivity index (χ4n) is 0.899. The van der Waals surface area contributed by atoms with E-state index in [-0.39, 0.29) is 6.42 Å². The van der Waals surface area contributed by atoms with Gasteiger partial charge in [-0.3, -0.25) is 4.79 Å². The van der Waals surface area contributed by atoms with Crippen molar-refractivity contribution in [2.24, 2.45) is 0 Å². The number of rotatable bonds is 2. The largest absolute Gasteiger partial charge is 0.481 e. The molecule has 3 heteroatoms. The number of benzene rings is 1. The third-order valence-corrected chi connectivity index (χ3v) is 2.23. The van der Waals surface area contributed by atoms with Crippen LogP contribution in [-0.4, -0.2) is 11.1 Å². The van der Waals surface area contributed by atoms with E-state index in [4.69, 9.17) is 5.11 Å². The highest BCUT2D eigenvalue weighted by molar-refractivity contribution is 9.08. The Labute approximate surface area is 91.1 Å². The van der Waals surface area contributed by atoms with Crippen molar-refractivity contribution in [1.29, 1.82) is 0 Å². The summed E-state index contributed by atoms with van der Waals surface area (Å²) in [5.74, 6) is 4.46. The van der Waals surface area contributed by atoms with Crippen LogP contribution in [0.15, 0.2) is 24.3 Å². The average Bonchev–Trinajstić information content (AvgIpc) is 2.18. The van der Waals surface area contributed by atoms with Gasteiger partial charge in [0.05, 0.1) is 0 Å². The van der Waals surface area contributed by atoms with Gasteiger partial charge in [0.1, 0.15) is 6.42 Å². The fraction of sp³-hybridized carbons (Fsp3) is 0.182. The fourth-order valence-corrected chi connectivity index (χ4v) is 1.27. The molecule has 0 bridgehead atoms. The van der Waals surface area contributed by atoms with Crippen LogP contribution < -0.4 is 0 Å². The molecule has 14 heavy (non-hydrogen) atoms. The Morgan fingerprint density at radius 2 is 2.00 bits per heavy atom. The van der Waals surface area contributed by atoms with E-state index in [9.17, 15) is 4.79 Å². The molecule has 0 amide bonds. The van der Waals surface area contributed by atoms with E-state index in [0.29, 0.717) is 0 Å². The van der Waals surface area contributed by atoms with Gasteiger partial charge in [-0.1, -0.05) is 39.9 Å². The molecule has 1 rings (SSSR count). The predicted molar refractivity (Wildman–Crippen MR) is 58.2 cm³/mol. The van der Waals surface area contributed by atoms with Crippen LogP contribution in [0.3, 0.4) is 0 Å². The first-order valence-corrected chi connectivity index (χ1v) is 5.20. The van der Waals surface area contributed by atoms with Gasteiger partial charge in [0.15, 0.2) is 0 Å². The molecule has 0 aliphatic carbocycles. The Hall–Kier alpha value is -1.27. The smallest absolute Gasteiger partial charge is 0.315 e. The van der Waals surface area contributed by atoms with E-state index >= 15 is 0 Å². The van der Waals surface area contributed by atoms with Crippen LogP contribution in [0.4, 0.5) is 0 Å². The zero-order valence-electron chi connectivity index (χ0n) is 7.46. The van der Waals surface area contributed by atoms with E-state index in [1.807, 2.05) is 24.3 Å². The number of hydrogen-bond acceptors (Lipinski definition) is 1. The summed E-state index contributed by atoms with van der Waals surface area (Å²) < 4.78 is 0. The van der Waals surface area contributed by atoms with Crippen LogP contribution in [0.25, 0.3) is 0 Å². The van der Waals surface area contributed by atoms with E-state index in [0.717, 1.165) is 10.9 Å². The molecule has 0 fully saturated rings. The Balaban J connectivity index is 2.66. The minimum atomic E-state index is -0.894. The molecule has 1 aromatic carbocycles. The molecular weight excluding hydrogens is 244 g/mol. The van der Waals surface area contributed by atoms with E-state index in [1.165, 1.54) is 5.56 Å². The number of carboxylic acid groups (broad SMARTS) is 1. The SMILES string of the molecule is O=C(O)CC#Cc1ccc(CBr)cc1. The topological polar surface area (TPSA) is 37.3 Å². The van der Waals surface area contributed by atoms with Gasteiger partial charge in [-0.25, -0.2) is 0 Å². The number of carboxylic acids is 1. The van der Waals surface area contributed by atoms with Crippen LogP contribution in [-0.2, 0) is 10.1 Å². The average molecular weight is 253 g/mol. The molecule has 0 aliphatic heterocycles. The van der Waals surface area contributed by atoms with Crippen molar-refractivity contribution in [3.63, 3.8) is 0 Å². The summed E-state index contributed by atoms with van der Waals surface area (Å²) in [6, 6.07) is 7.68. The number of carbonyl (C=O) groups is 1. The van der Waals surface area contributed by atoms with Gasteiger partial charge in [0, 0.05) is 10.9 Å². The van der Waals surface area contributed by atoms with Crippen molar-refractivity contribution in [2.75, 3.05) is 0 Å². The van der Waals surface area contributed by atoms with Crippen LogP contribution in [0.2, 0.25) is 0 Å². The van der Waals surface area contributed by atoms with E-state index in [2.05, 4.69) is 27.8 Å². The number of alkyl halides is 1. The van der Waals surface area contributed by atoms with Gasteiger partial charge < -0.3 is 5.11 Å². The first-order chi connectivity index (χ1) is 6.72. The second-order valence-electron chi connectivity index (χ2n) is 2.70. The molecule has 0 spiro atoms. The highest BCUT2D eigenvalue weighted by atomic mass is 79.9. The molecule has 0 atom stereocenters. The number of hydrogen-bond donors (Lipinski definition) is 1. The summed E-state index contributed by atoms with van der Waals surface area (Å²) in [4.78, 5) is 10.2. The number of halogens is 1. The van der Waals surface area contributed by atoms with Crippen molar-refractivity contribution in [2.45, 2.75) is 11.8 Å². The van der Waals surface area contributed by atoms with Crippen LogP contribution in [0, 0.1) is 11.8 Å². The summed E-state index contributed by atoms with van der Waals surface area (Å²) in [6.07, 6.45) is -0.111. The van der Waals surface area contributed by atoms with Crippen molar-refractivity contribution in [3.8, 4) is 11.8 Å². The monoisotopic (exact) mass is 252 g/mol. The maximum Gasteiger partial charge on any atom is 0.315 e. The van der Waals surface area contributed by atoms with Gasteiger partial charge in [0.25, 0.3) is 0 Å². The Kier molecular flexibility index (Phi) is 4.21. The Morgan fingerprint density at radius 3 is 2.50 bits per heavy atom. The third-order valence-electron chi connectivity index (χ3n) is 1.58. The van der Waals surface area contributed by atoms with E-state index in [1.54, 1.807) is 0 Å². The quantitative estimate of drug-likeness (QED) is 0.649. The summed E-state index contributed by atoms with van der Waals surface area (Å²) in [5, 5.41) is 9.18. The minimum Gasteiger partial charge on any atom is -0.481 e. The standard InChI is InChI=1S/C11H9BrO2/c12-8-10-6-4-9(5-7-10)2-1-3-11(13)14/h4-7H,3,8H2,(H,13,14). The molecule has 0 heterocycles. The van der Waals surface area contributed by atoms with E-state index < -0.39 is 5.97 Å². The molecule has 0 saturated carbocycles. The second kappa shape index (κ2) is 5.46. The second-order valence-corrected chi connectivity index (χ2v) is 3.26. The zero-order valence-corrected chi connectivity index (χ0v) is 9.04. The number of aliphatic carboxylic acids is 1. The minimum absolute atomic E-state index is 0.111. The Morgan fingerprint density at radius 1 is 1.36 bits per heavy atom. The summed E-state index contributed by atoms with van der Waals surface area (Å²) >= 11 is 3.34. The van der Waals surface area contributed by atoms with Crippen LogP contribution in [0.1, 0.15) is 17.5 Å². The molecule has 72 valence electrons. The molecule has 0 saturated heterocycles. The van der Waals surface area contributed by atoms with Gasteiger partial charge in [0.2, 0.25) is 0 Å². The summed E-state index contributed by atoms with van der Waals surface area (Å²) in [5.41, 5.74) is 2.02. The maximum atomic E-state index is 10.2. The first-order valence-electron chi connectivity index (χ1n) is 4.08. The highest BCUT2D eigenvalue weighted by Gasteiger charge is 1.91. The van der Waals surface area contributed by atoms with Gasteiger partial charge in [-0.2, -0.15) is 0 Å². The lowest BCUT2D eigenvalue weighted by Gasteiger charge is -1.93. The highest BCUT2D eigenvalue weighted by Crippen LogP contribution is 2.06. The van der Waals surface area contributed by atoms with Gasteiger partial charge >= 0.3 is 5.97 Å². The predicted octanol–water partition coefficient (Wildman–Crippen LogP) is 2.41. The zero-order chi connectivity index (χ0) is 10.4. The Bertz CT molecular complexity index is 371. The molecule has 0 radical (unpaired) electrons. The molecular formula is C11H9BrO2. The summed E-state index contributed by atoms with van der Waals surface area (Å²) in [6.45, 7) is 0. The van der Waals surface area contributed by atoms with Crippen molar-refractivity contribution in [3.05, 3.63) is 35.4 Å².